The largest absolute Gasteiger partial charge is 0.379 e. The van der Waals surface area contributed by atoms with Gasteiger partial charge in [0.15, 0.2) is 0 Å². The lowest BCUT2D eigenvalue weighted by Gasteiger charge is -2.10. The Morgan fingerprint density at radius 3 is 3.00 bits per heavy atom. The lowest BCUT2D eigenvalue weighted by molar-refractivity contribution is 0.00937. The van der Waals surface area contributed by atoms with Crippen molar-refractivity contribution in [3.8, 4) is 0 Å². The van der Waals surface area contributed by atoms with Crippen LogP contribution in [0.5, 0.6) is 0 Å². The zero-order valence-electron chi connectivity index (χ0n) is 7.16. The van der Waals surface area contributed by atoms with Crippen molar-refractivity contribution in [2.45, 2.75) is 12.5 Å². The fraction of sp³-hybridized carbons (Fsp3) is 1.00. The SMILES string of the molecule is CN(CCCOCC1CO1)OI. The molecule has 0 amide bonds. The monoisotopic (exact) mass is 287 g/mol. The standard InChI is InChI=1S/C7H14INO3/c1-9(12-8)3-2-4-10-5-7-6-11-7/h7H,2-6H2,1H3. The lowest BCUT2D eigenvalue weighted by atomic mass is 10.4. The van der Waals surface area contributed by atoms with E-state index in [1.165, 1.54) is 0 Å². The van der Waals surface area contributed by atoms with Crippen LogP contribution in [-0.4, -0.2) is 44.6 Å². The maximum absolute atomic E-state index is 5.34. The third-order valence-electron chi connectivity index (χ3n) is 1.59. The molecule has 0 bridgehead atoms. The maximum atomic E-state index is 5.34. The molecule has 12 heavy (non-hydrogen) atoms. The third kappa shape index (κ3) is 5.26. The molecular formula is C7H14INO3. The maximum Gasteiger partial charge on any atom is 0.137 e. The highest BCUT2D eigenvalue weighted by molar-refractivity contribution is 14.1. The van der Waals surface area contributed by atoms with Crippen LogP contribution in [0.4, 0.5) is 0 Å². The number of hydrogen-bond acceptors (Lipinski definition) is 4. The van der Waals surface area contributed by atoms with Gasteiger partial charge in [0.1, 0.15) is 29.1 Å². The molecule has 72 valence electrons. The first-order chi connectivity index (χ1) is 5.83. The van der Waals surface area contributed by atoms with Crippen LogP contribution < -0.4 is 0 Å². The van der Waals surface area contributed by atoms with E-state index >= 15 is 0 Å². The van der Waals surface area contributed by atoms with E-state index in [4.69, 9.17) is 12.6 Å². The molecule has 1 atom stereocenters. The third-order valence-corrected chi connectivity index (χ3v) is 2.26. The van der Waals surface area contributed by atoms with Gasteiger partial charge in [-0.2, -0.15) is 5.06 Å². The van der Waals surface area contributed by atoms with Crippen LogP contribution in [0.3, 0.4) is 0 Å². The van der Waals surface area contributed by atoms with Gasteiger partial charge in [-0.15, -0.1) is 0 Å². The number of ether oxygens (including phenoxy) is 2. The van der Waals surface area contributed by atoms with Crippen molar-refractivity contribution < 1.29 is 12.6 Å². The van der Waals surface area contributed by atoms with E-state index < -0.39 is 0 Å². The lowest BCUT2D eigenvalue weighted by Crippen LogP contribution is -2.17. The van der Waals surface area contributed by atoms with E-state index in [0.29, 0.717) is 6.10 Å². The first kappa shape index (κ1) is 10.6. The molecule has 0 aliphatic carbocycles. The summed E-state index contributed by atoms with van der Waals surface area (Å²) in [6.45, 7) is 3.30. The van der Waals surface area contributed by atoms with E-state index in [2.05, 4.69) is 0 Å². The Morgan fingerprint density at radius 2 is 2.42 bits per heavy atom. The van der Waals surface area contributed by atoms with Crippen LogP contribution in [0.2, 0.25) is 0 Å². The Morgan fingerprint density at radius 1 is 1.67 bits per heavy atom. The van der Waals surface area contributed by atoms with Gasteiger partial charge in [-0.05, 0) is 6.42 Å². The molecule has 1 unspecified atom stereocenters. The summed E-state index contributed by atoms with van der Waals surface area (Å²) in [5.41, 5.74) is 0. The van der Waals surface area contributed by atoms with Crippen LogP contribution in [0.25, 0.3) is 0 Å². The second kappa shape index (κ2) is 6.09. The number of rotatable bonds is 7. The van der Waals surface area contributed by atoms with Crippen molar-refractivity contribution in [2.24, 2.45) is 0 Å². The van der Waals surface area contributed by atoms with Gasteiger partial charge >= 0.3 is 0 Å². The molecule has 4 nitrogen and oxygen atoms in total. The highest BCUT2D eigenvalue weighted by Crippen LogP contribution is 2.08. The Kier molecular flexibility index (Phi) is 5.40. The van der Waals surface area contributed by atoms with E-state index in [0.717, 1.165) is 32.8 Å². The second-order valence-corrected chi connectivity index (χ2v) is 3.20. The summed E-state index contributed by atoms with van der Waals surface area (Å²) in [6.07, 6.45) is 1.37. The van der Waals surface area contributed by atoms with Crippen molar-refractivity contribution in [1.82, 2.24) is 5.06 Å². The van der Waals surface area contributed by atoms with E-state index in [1.807, 2.05) is 30.1 Å². The molecule has 1 aliphatic rings. The minimum atomic E-state index is 0.378. The Balaban J connectivity index is 1.75. The molecule has 0 spiro atoms. The summed E-state index contributed by atoms with van der Waals surface area (Å²) in [4.78, 5) is 0. The Hall–Kier alpha value is 0.570. The molecule has 0 radical (unpaired) electrons. The first-order valence-electron chi connectivity index (χ1n) is 4.02. The van der Waals surface area contributed by atoms with Gasteiger partial charge in [0.2, 0.25) is 0 Å². The molecule has 0 saturated carbocycles. The van der Waals surface area contributed by atoms with Gasteiger partial charge in [0.05, 0.1) is 13.2 Å². The molecule has 1 saturated heterocycles. The molecule has 1 rings (SSSR count). The van der Waals surface area contributed by atoms with E-state index in [-0.39, 0.29) is 0 Å². The number of hydroxylamine groups is 2. The number of halogens is 1. The molecule has 5 heteroatoms. The summed E-state index contributed by atoms with van der Waals surface area (Å²) in [5, 5.41) is 1.78. The average Bonchev–Trinajstić information content (AvgIpc) is 2.87. The van der Waals surface area contributed by atoms with Gasteiger partial charge in [-0.1, -0.05) is 0 Å². The normalized spacial score (nSPS) is 21.8. The summed E-state index contributed by atoms with van der Waals surface area (Å²) >= 11 is 1.86. The predicted octanol–water partition coefficient (Wildman–Crippen LogP) is 1.01. The zero-order chi connectivity index (χ0) is 8.81. The van der Waals surface area contributed by atoms with Gasteiger partial charge in [-0.3, -0.25) is 0 Å². The second-order valence-electron chi connectivity index (χ2n) is 2.80. The fourth-order valence-corrected chi connectivity index (χ4v) is 1.000. The highest BCUT2D eigenvalue weighted by Gasteiger charge is 2.21. The fourth-order valence-electron chi connectivity index (χ4n) is 0.803. The van der Waals surface area contributed by atoms with Crippen LogP contribution >= 0.6 is 23.0 Å². The molecule has 1 aliphatic heterocycles. The minimum absolute atomic E-state index is 0.378. The summed E-state index contributed by atoms with van der Waals surface area (Å²) in [7, 11) is 1.90. The van der Waals surface area contributed by atoms with Gasteiger partial charge < -0.3 is 9.47 Å². The Bertz CT molecular complexity index is 121. The topological polar surface area (TPSA) is 34.2 Å². The molecule has 0 aromatic carbocycles. The van der Waals surface area contributed by atoms with Gasteiger partial charge in [0.25, 0.3) is 0 Å². The van der Waals surface area contributed by atoms with Crippen molar-refractivity contribution in [3.63, 3.8) is 0 Å². The first-order valence-corrected chi connectivity index (χ1v) is 4.90. The van der Waals surface area contributed by atoms with E-state index in [1.54, 1.807) is 5.06 Å². The summed E-state index contributed by atoms with van der Waals surface area (Å²) in [6, 6.07) is 0. The molecule has 0 aromatic heterocycles. The van der Waals surface area contributed by atoms with Crippen LogP contribution in [0.1, 0.15) is 6.42 Å². The zero-order valence-corrected chi connectivity index (χ0v) is 9.32. The average molecular weight is 287 g/mol. The quantitative estimate of drug-likeness (QED) is 0.303. The molecule has 0 N–H and O–H groups in total. The van der Waals surface area contributed by atoms with Crippen molar-refractivity contribution in [3.05, 3.63) is 0 Å². The molecule has 0 aromatic rings. The van der Waals surface area contributed by atoms with E-state index in [9.17, 15) is 0 Å². The highest BCUT2D eigenvalue weighted by atomic mass is 127. The summed E-state index contributed by atoms with van der Waals surface area (Å²) in [5.74, 6) is 0. The van der Waals surface area contributed by atoms with Gasteiger partial charge in [0, 0.05) is 20.2 Å². The smallest absolute Gasteiger partial charge is 0.137 e. The van der Waals surface area contributed by atoms with Crippen LogP contribution in [-0.2, 0) is 12.6 Å². The molecular weight excluding hydrogens is 273 g/mol. The number of hydrogen-bond donors (Lipinski definition) is 0. The van der Waals surface area contributed by atoms with Crippen molar-refractivity contribution in [1.29, 1.82) is 0 Å². The minimum Gasteiger partial charge on any atom is -0.379 e. The van der Waals surface area contributed by atoms with Crippen LogP contribution in [0.15, 0.2) is 0 Å². The predicted molar refractivity (Wildman–Crippen MR) is 52.9 cm³/mol. The Labute approximate surface area is 86.8 Å². The van der Waals surface area contributed by atoms with Crippen molar-refractivity contribution in [2.75, 3.05) is 33.4 Å². The van der Waals surface area contributed by atoms with Crippen molar-refractivity contribution >= 4 is 23.0 Å². The molecule has 1 fully saturated rings. The van der Waals surface area contributed by atoms with Gasteiger partial charge in [-0.25, -0.2) is 3.17 Å². The number of epoxide rings is 1. The number of nitrogens with zero attached hydrogens (tertiary/aromatic N) is 1. The molecule has 1 heterocycles. The van der Waals surface area contributed by atoms with Crippen LogP contribution in [0, 0.1) is 0 Å². The summed E-state index contributed by atoms with van der Waals surface area (Å²) < 4.78 is 15.3.